The Morgan fingerprint density at radius 1 is 0.852 bits per heavy atom. The van der Waals surface area contributed by atoms with Gasteiger partial charge in [-0.2, -0.15) is 0 Å². The first kappa shape index (κ1) is 17.4. The van der Waals surface area contributed by atoms with Crippen LogP contribution in [-0.2, 0) is 14.1 Å². The number of nitrogens with zero attached hydrogens (tertiary/aromatic N) is 4. The average molecular weight is 364 g/mol. The Morgan fingerprint density at radius 3 is 2.26 bits per heavy atom. The van der Waals surface area contributed by atoms with E-state index in [1.54, 1.807) is 0 Å². The zero-order valence-electron chi connectivity index (χ0n) is 15.8. The van der Waals surface area contributed by atoms with Crippen molar-refractivity contribution in [2.24, 2.45) is 14.1 Å². The van der Waals surface area contributed by atoms with Crippen LogP contribution in [0, 0.1) is 0 Å². The minimum atomic E-state index is 0.0371. The number of carbonyl (C=O) groups is 2. The number of hydrogen-bond acceptors (Lipinski definition) is 2. The fraction of sp³-hybridized carbons (Fsp3) is 0.333. The van der Waals surface area contributed by atoms with Crippen molar-refractivity contribution in [1.82, 2.24) is 18.9 Å². The number of rotatable bonds is 2. The van der Waals surface area contributed by atoms with Gasteiger partial charge < -0.3 is 18.9 Å². The van der Waals surface area contributed by atoms with Gasteiger partial charge in [-0.05, 0) is 18.6 Å². The lowest BCUT2D eigenvalue weighted by atomic mass is 10.1. The van der Waals surface area contributed by atoms with Crippen LogP contribution in [-0.4, -0.2) is 56.9 Å². The molecule has 6 heteroatoms. The van der Waals surface area contributed by atoms with Crippen LogP contribution in [0.4, 0.5) is 0 Å². The molecule has 1 fully saturated rings. The fourth-order valence-corrected chi connectivity index (χ4v) is 3.82. The first-order chi connectivity index (χ1) is 13.0. The summed E-state index contributed by atoms with van der Waals surface area (Å²) in [5.41, 5.74) is 2.49. The van der Waals surface area contributed by atoms with Crippen LogP contribution in [0.5, 0.6) is 0 Å². The lowest BCUT2D eigenvalue weighted by Gasteiger charge is -2.22. The van der Waals surface area contributed by atoms with E-state index in [1.807, 2.05) is 82.0 Å². The third kappa shape index (κ3) is 3.23. The number of amides is 2. The van der Waals surface area contributed by atoms with E-state index < -0.39 is 0 Å². The van der Waals surface area contributed by atoms with Gasteiger partial charge in [0.05, 0.1) is 11.1 Å². The van der Waals surface area contributed by atoms with Crippen molar-refractivity contribution in [3.05, 3.63) is 60.0 Å². The molecule has 0 N–H and O–H groups in total. The molecule has 27 heavy (non-hydrogen) atoms. The molecular weight excluding hydrogens is 340 g/mol. The Balaban J connectivity index is 1.51. The molecule has 3 aromatic rings. The van der Waals surface area contributed by atoms with Gasteiger partial charge in [-0.1, -0.05) is 18.2 Å². The summed E-state index contributed by atoms with van der Waals surface area (Å²) >= 11 is 0. The molecule has 0 bridgehead atoms. The van der Waals surface area contributed by atoms with Crippen molar-refractivity contribution in [2.45, 2.75) is 6.42 Å². The van der Waals surface area contributed by atoms with E-state index in [4.69, 9.17) is 0 Å². The second kappa shape index (κ2) is 6.95. The maximum Gasteiger partial charge on any atom is 0.256 e. The number of benzene rings is 1. The summed E-state index contributed by atoms with van der Waals surface area (Å²) in [6, 6.07) is 9.80. The predicted molar refractivity (Wildman–Crippen MR) is 105 cm³/mol. The molecule has 1 aromatic carbocycles. The summed E-state index contributed by atoms with van der Waals surface area (Å²) < 4.78 is 3.87. The number of hydrogen-bond donors (Lipinski definition) is 0. The molecule has 4 rings (SSSR count). The van der Waals surface area contributed by atoms with Crippen molar-refractivity contribution >= 4 is 22.7 Å². The summed E-state index contributed by atoms with van der Waals surface area (Å²) in [5.74, 6) is 0.0795. The van der Waals surface area contributed by atoms with E-state index in [9.17, 15) is 9.59 Å². The molecule has 0 atom stereocenters. The molecular formula is C21H24N4O2. The van der Waals surface area contributed by atoms with E-state index in [0.29, 0.717) is 31.7 Å². The SMILES string of the molecule is Cn1ccc(C(=O)N2CCCN(C(=O)c3cn(C)c4ccccc34)CC2)c1. The zero-order valence-corrected chi connectivity index (χ0v) is 15.8. The highest BCUT2D eigenvalue weighted by atomic mass is 16.2. The molecule has 0 radical (unpaired) electrons. The van der Waals surface area contributed by atoms with Gasteiger partial charge in [0.25, 0.3) is 11.8 Å². The standard InChI is InChI=1S/C21H24N4O2/c1-22-11-8-16(14-22)20(26)24-9-5-10-25(13-12-24)21(27)18-15-23(2)19-7-4-3-6-17(18)19/h3-4,6-8,11,14-15H,5,9-10,12-13H2,1-2H3. The molecule has 0 unspecified atom stereocenters. The minimum absolute atomic E-state index is 0.0371. The van der Waals surface area contributed by atoms with E-state index in [1.165, 1.54) is 0 Å². The molecule has 1 aliphatic heterocycles. The van der Waals surface area contributed by atoms with Gasteiger partial charge in [0.15, 0.2) is 0 Å². The predicted octanol–water partition coefficient (Wildman–Crippen LogP) is 2.51. The fourth-order valence-electron chi connectivity index (χ4n) is 3.82. The average Bonchev–Trinajstić information content (AvgIpc) is 3.15. The van der Waals surface area contributed by atoms with Gasteiger partial charge in [0.1, 0.15) is 0 Å². The first-order valence-corrected chi connectivity index (χ1v) is 9.29. The maximum absolute atomic E-state index is 13.1. The Hall–Kier alpha value is -3.02. The summed E-state index contributed by atoms with van der Waals surface area (Å²) in [4.78, 5) is 29.6. The van der Waals surface area contributed by atoms with E-state index in [-0.39, 0.29) is 11.8 Å². The van der Waals surface area contributed by atoms with E-state index in [2.05, 4.69) is 0 Å². The minimum Gasteiger partial charge on any atom is -0.356 e. The largest absolute Gasteiger partial charge is 0.356 e. The quantitative estimate of drug-likeness (QED) is 0.702. The highest BCUT2D eigenvalue weighted by molar-refractivity contribution is 6.07. The van der Waals surface area contributed by atoms with Gasteiger partial charge in [0.2, 0.25) is 0 Å². The van der Waals surface area contributed by atoms with Gasteiger partial charge in [0, 0.05) is 69.8 Å². The summed E-state index contributed by atoms with van der Waals surface area (Å²) in [5, 5.41) is 0.978. The van der Waals surface area contributed by atoms with Crippen LogP contribution in [0.3, 0.4) is 0 Å². The molecule has 1 aliphatic rings. The summed E-state index contributed by atoms with van der Waals surface area (Å²) in [7, 11) is 3.87. The van der Waals surface area contributed by atoms with Crippen LogP contribution in [0.15, 0.2) is 48.9 Å². The molecule has 0 aliphatic carbocycles. The molecule has 2 aromatic heterocycles. The zero-order chi connectivity index (χ0) is 19.0. The number of aryl methyl sites for hydroxylation is 2. The molecule has 0 saturated carbocycles. The van der Waals surface area contributed by atoms with Gasteiger partial charge in [-0.25, -0.2) is 0 Å². The van der Waals surface area contributed by atoms with Gasteiger partial charge >= 0.3 is 0 Å². The van der Waals surface area contributed by atoms with Crippen LogP contribution in [0.2, 0.25) is 0 Å². The van der Waals surface area contributed by atoms with Crippen LogP contribution in [0.25, 0.3) is 10.9 Å². The molecule has 0 spiro atoms. The lowest BCUT2D eigenvalue weighted by molar-refractivity contribution is 0.0719. The monoisotopic (exact) mass is 364 g/mol. The van der Waals surface area contributed by atoms with Crippen molar-refractivity contribution < 1.29 is 9.59 Å². The van der Waals surface area contributed by atoms with Gasteiger partial charge in [-0.3, -0.25) is 9.59 Å². The Kier molecular flexibility index (Phi) is 4.48. The topological polar surface area (TPSA) is 50.5 Å². The highest BCUT2D eigenvalue weighted by Gasteiger charge is 2.25. The third-order valence-corrected chi connectivity index (χ3v) is 5.28. The first-order valence-electron chi connectivity index (χ1n) is 9.29. The Morgan fingerprint density at radius 2 is 1.56 bits per heavy atom. The lowest BCUT2D eigenvalue weighted by Crippen LogP contribution is -2.37. The number of fused-ring (bicyclic) bond motifs is 1. The third-order valence-electron chi connectivity index (χ3n) is 5.28. The van der Waals surface area contributed by atoms with Crippen molar-refractivity contribution in [2.75, 3.05) is 26.2 Å². The van der Waals surface area contributed by atoms with Crippen molar-refractivity contribution in [1.29, 1.82) is 0 Å². The maximum atomic E-state index is 13.1. The second-order valence-electron chi connectivity index (χ2n) is 7.17. The molecule has 3 heterocycles. The number of para-hydroxylation sites is 1. The van der Waals surface area contributed by atoms with Crippen LogP contribution >= 0.6 is 0 Å². The van der Waals surface area contributed by atoms with Crippen LogP contribution < -0.4 is 0 Å². The normalized spacial score (nSPS) is 15.2. The molecule has 6 nitrogen and oxygen atoms in total. The summed E-state index contributed by atoms with van der Waals surface area (Å²) in [6.07, 6.45) is 6.41. The Labute approximate surface area is 158 Å². The molecule has 2 amide bonds. The van der Waals surface area contributed by atoms with E-state index in [0.717, 1.165) is 22.9 Å². The van der Waals surface area contributed by atoms with Crippen LogP contribution in [0.1, 0.15) is 27.1 Å². The summed E-state index contributed by atoms with van der Waals surface area (Å²) in [6.45, 7) is 2.46. The van der Waals surface area contributed by atoms with E-state index >= 15 is 0 Å². The van der Waals surface area contributed by atoms with Crippen molar-refractivity contribution in [3.63, 3.8) is 0 Å². The smallest absolute Gasteiger partial charge is 0.256 e. The number of carbonyl (C=O) groups excluding carboxylic acids is 2. The Bertz CT molecular complexity index is 1000. The van der Waals surface area contributed by atoms with Gasteiger partial charge in [-0.15, -0.1) is 0 Å². The molecule has 140 valence electrons. The van der Waals surface area contributed by atoms with Crippen molar-refractivity contribution in [3.8, 4) is 0 Å². The number of aromatic nitrogens is 2. The second-order valence-corrected chi connectivity index (χ2v) is 7.17. The highest BCUT2D eigenvalue weighted by Crippen LogP contribution is 2.22. The molecule has 1 saturated heterocycles.